The second-order valence-corrected chi connectivity index (χ2v) is 1.64. The summed E-state index contributed by atoms with van der Waals surface area (Å²) in [4.78, 5) is 19.6. The molecular weight excluding hydrogens is 147 g/mol. The van der Waals surface area contributed by atoms with E-state index in [1.807, 2.05) is 0 Å². The van der Waals surface area contributed by atoms with E-state index in [2.05, 4.69) is 0 Å². The van der Waals surface area contributed by atoms with E-state index in [4.69, 9.17) is 10.2 Å². The number of rotatable bonds is 4. The zero-order valence-corrected chi connectivity index (χ0v) is 6.33. The molecule has 0 fully saturated rings. The van der Waals surface area contributed by atoms with Crippen LogP contribution in [-0.4, -0.2) is 46.5 Å². The molecule has 0 atom stereocenters. The summed E-state index contributed by atoms with van der Waals surface area (Å²) in [6, 6.07) is 0. The van der Waals surface area contributed by atoms with E-state index in [0.717, 1.165) is 0 Å². The van der Waals surface area contributed by atoms with Crippen LogP contribution >= 0.6 is 0 Å². The van der Waals surface area contributed by atoms with Crippen LogP contribution in [0.3, 0.4) is 0 Å². The number of hydrogen-bond acceptors (Lipinski definition) is 2. The molecule has 61 valence electrons. The van der Waals surface area contributed by atoms with Crippen molar-refractivity contribution in [2.45, 2.75) is 19.3 Å². The molecule has 4 N–H and O–H groups in total. The average Bonchev–Trinajstić information content (AvgIpc) is 1.63. The van der Waals surface area contributed by atoms with Gasteiger partial charge < -0.3 is 15.7 Å². The fourth-order valence-electron chi connectivity index (χ4n) is 0.391. The first-order chi connectivity index (χ1) is 4.13. The van der Waals surface area contributed by atoms with Crippen LogP contribution in [-0.2, 0) is 9.59 Å². The van der Waals surface area contributed by atoms with E-state index < -0.39 is 11.9 Å². The Bertz CT molecular complexity index is 110. The molecule has 0 spiro atoms. The van der Waals surface area contributed by atoms with Gasteiger partial charge in [0.2, 0.25) is 0 Å². The molecule has 1 radical (unpaired) electrons. The van der Waals surface area contributed by atoms with Gasteiger partial charge in [-0.2, -0.15) is 0 Å². The van der Waals surface area contributed by atoms with Gasteiger partial charge in [-0.05, 0) is 6.42 Å². The van der Waals surface area contributed by atoms with Gasteiger partial charge in [-0.15, -0.1) is 0 Å². The molecule has 0 saturated carbocycles. The Balaban J connectivity index is -0.000000320. The molecular formula is C5H10LiO5. The Labute approximate surface area is 75.9 Å². The normalized spacial score (nSPS) is 7.27. The van der Waals surface area contributed by atoms with Crippen molar-refractivity contribution in [2.24, 2.45) is 0 Å². The maximum Gasteiger partial charge on any atom is 0.303 e. The predicted molar refractivity (Wildman–Crippen MR) is 38.5 cm³/mol. The minimum Gasteiger partial charge on any atom is -0.481 e. The van der Waals surface area contributed by atoms with Gasteiger partial charge in [0.25, 0.3) is 0 Å². The third-order valence-corrected chi connectivity index (χ3v) is 0.781. The smallest absolute Gasteiger partial charge is 0.303 e. The summed E-state index contributed by atoms with van der Waals surface area (Å²) >= 11 is 0. The first-order valence-corrected chi connectivity index (χ1v) is 2.56. The van der Waals surface area contributed by atoms with Gasteiger partial charge in [0.05, 0.1) is 0 Å². The Morgan fingerprint density at radius 2 is 1.27 bits per heavy atom. The standard InChI is InChI=1S/C5H8O4.Li.H2O/c6-4(7)2-1-3-5(8)9;;/h1-3H2,(H,6,7)(H,8,9);;1H2. The first-order valence-electron chi connectivity index (χ1n) is 2.56. The third kappa shape index (κ3) is 17.7. The van der Waals surface area contributed by atoms with Crippen molar-refractivity contribution in [3.05, 3.63) is 0 Å². The van der Waals surface area contributed by atoms with E-state index >= 15 is 0 Å². The molecule has 0 unspecified atom stereocenters. The van der Waals surface area contributed by atoms with Crippen molar-refractivity contribution in [3.63, 3.8) is 0 Å². The average molecular weight is 157 g/mol. The minimum atomic E-state index is -0.948. The molecule has 5 nitrogen and oxygen atoms in total. The van der Waals surface area contributed by atoms with E-state index in [1.54, 1.807) is 0 Å². The number of hydrogen-bond donors (Lipinski definition) is 2. The Morgan fingerprint density at radius 1 is 1.00 bits per heavy atom. The number of carboxylic acids is 2. The number of carbonyl (C=O) groups is 2. The van der Waals surface area contributed by atoms with Crippen molar-refractivity contribution in [3.8, 4) is 0 Å². The summed E-state index contributed by atoms with van der Waals surface area (Å²) in [5, 5.41) is 16.1. The fourth-order valence-corrected chi connectivity index (χ4v) is 0.391. The quantitative estimate of drug-likeness (QED) is 0.516. The van der Waals surface area contributed by atoms with Crippen LogP contribution in [0, 0.1) is 0 Å². The van der Waals surface area contributed by atoms with Crippen LogP contribution in [0.1, 0.15) is 19.3 Å². The zero-order chi connectivity index (χ0) is 7.28. The van der Waals surface area contributed by atoms with Crippen LogP contribution in [0.4, 0.5) is 0 Å². The Kier molecular flexibility index (Phi) is 14.5. The molecule has 11 heavy (non-hydrogen) atoms. The summed E-state index contributed by atoms with van der Waals surface area (Å²) in [5.41, 5.74) is 0. The molecule has 0 rings (SSSR count). The zero-order valence-electron chi connectivity index (χ0n) is 6.33. The molecule has 0 aliphatic heterocycles. The molecule has 0 aliphatic carbocycles. The van der Waals surface area contributed by atoms with Crippen LogP contribution in [0.25, 0.3) is 0 Å². The maximum absolute atomic E-state index is 9.79. The Morgan fingerprint density at radius 3 is 1.45 bits per heavy atom. The molecule has 0 aromatic rings. The van der Waals surface area contributed by atoms with Crippen molar-refractivity contribution in [1.29, 1.82) is 0 Å². The third-order valence-electron chi connectivity index (χ3n) is 0.781. The van der Waals surface area contributed by atoms with Gasteiger partial charge in [-0.1, -0.05) is 0 Å². The van der Waals surface area contributed by atoms with Gasteiger partial charge in [-0.25, -0.2) is 0 Å². The number of aliphatic carboxylic acids is 2. The predicted octanol–water partition coefficient (Wildman–Crippen LogP) is -0.880. The van der Waals surface area contributed by atoms with Crippen molar-refractivity contribution in [2.75, 3.05) is 0 Å². The van der Waals surface area contributed by atoms with Crippen LogP contribution in [0.2, 0.25) is 0 Å². The van der Waals surface area contributed by atoms with Crippen LogP contribution in [0.15, 0.2) is 0 Å². The summed E-state index contributed by atoms with van der Waals surface area (Å²) in [6.07, 6.45) is 0.0866. The van der Waals surface area contributed by atoms with Gasteiger partial charge in [-0.3, -0.25) is 9.59 Å². The molecule has 6 heteroatoms. The Hall–Kier alpha value is -0.503. The van der Waals surface area contributed by atoms with E-state index in [-0.39, 0.29) is 43.6 Å². The van der Waals surface area contributed by atoms with E-state index in [9.17, 15) is 9.59 Å². The molecule has 0 saturated heterocycles. The van der Waals surface area contributed by atoms with Crippen LogP contribution in [0.5, 0.6) is 0 Å². The van der Waals surface area contributed by atoms with Gasteiger partial charge in [0, 0.05) is 31.7 Å². The SMILES string of the molecule is O.O=C(O)CCCC(=O)O.[Li]. The number of carboxylic acid groups (broad SMARTS) is 2. The van der Waals surface area contributed by atoms with Crippen molar-refractivity contribution < 1.29 is 25.3 Å². The molecule has 0 heterocycles. The van der Waals surface area contributed by atoms with Crippen LogP contribution < -0.4 is 0 Å². The molecule has 0 bridgehead atoms. The molecule has 0 aromatic heterocycles. The summed E-state index contributed by atoms with van der Waals surface area (Å²) in [6.45, 7) is 0. The summed E-state index contributed by atoms with van der Waals surface area (Å²) in [5.74, 6) is -1.90. The van der Waals surface area contributed by atoms with Gasteiger partial charge in [0.15, 0.2) is 0 Å². The first kappa shape index (κ1) is 16.8. The maximum atomic E-state index is 9.79. The summed E-state index contributed by atoms with van der Waals surface area (Å²) in [7, 11) is 0. The minimum absolute atomic E-state index is 0. The largest absolute Gasteiger partial charge is 0.481 e. The summed E-state index contributed by atoms with van der Waals surface area (Å²) < 4.78 is 0. The fraction of sp³-hybridized carbons (Fsp3) is 0.600. The second-order valence-electron chi connectivity index (χ2n) is 1.64. The van der Waals surface area contributed by atoms with E-state index in [1.165, 1.54) is 0 Å². The van der Waals surface area contributed by atoms with Crippen molar-refractivity contribution in [1.82, 2.24) is 0 Å². The molecule has 0 aromatic carbocycles. The van der Waals surface area contributed by atoms with Crippen molar-refractivity contribution >= 4 is 30.8 Å². The monoisotopic (exact) mass is 157 g/mol. The topological polar surface area (TPSA) is 106 Å². The van der Waals surface area contributed by atoms with E-state index in [0.29, 0.717) is 0 Å². The molecule has 0 aliphatic rings. The second kappa shape index (κ2) is 9.50. The van der Waals surface area contributed by atoms with Gasteiger partial charge in [0.1, 0.15) is 0 Å². The molecule has 0 amide bonds. The van der Waals surface area contributed by atoms with Gasteiger partial charge >= 0.3 is 11.9 Å².